The van der Waals surface area contributed by atoms with Crippen molar-refractivity contribution in [3.63, 3.8) is 0 Å². The van der Waals surface area contributed by atoms with Crippen molar-refractivity contribution in [1.82, 2.24) is 15.2 Å². The number of nitrogens with zero attached hydrogens (tertiary/aromatic N) is 1. The minimum atomic E-state index is -0.663. The lowest BCUT2D eigenvalue weighted by molar-refractivity contribution is -0.136. The van der Waals surface area contributed by atoms with Gasteiger partial charge in [0, 0.05) is 37.5 Å². The first-order chi connectivity index (χ1) is 14.5. The Morgan fingerprint density at radius 1 is 1.17 bits per heavy atom. The molecule has 2 amide bonds. The number of ether oxygens (including phenoxy) is 2. The van der Waals surface area contributed by atoms with Crippen LogP contribution in [0.1, 0.15) is 12.5 Å². The molecule has 0 fully saturated rings. The molecular formula is C23H25N3O4. The first-order valence-electron chi connectivity index (χ1n) is 9.97. The Bertz CT molecular complexity index is 1060. The number of carbonyl (C=O) groups is 2. The van der Waals surface area contributed by atoms with Crippen LogP contribution in [-0.4, -0.2) is 54.0 Å². The highest BCUT2D eigenvalue weighted by molar-refractivity contribution is 5.89. The lowest BCUT2D eigenvalue weighted by Gasteiger charge is -2.31. The number of H-pyrrole nitrogens is 1. The Hall–Kier alpha value is -3.48. The summed E-state index contributed by atoms with van der Waals surface area (Å²) in [6, 6.07) is 14.7. The number of carbonyl (C=O) groups excluding carboxylic acids is 2. The van der Waals surface area contributed by atoms with Crippen LogP contribution in [0, 0.1) is 0 Å². The third-order valence-corrected chi connectivity index (χ3v) is 5.20. The Balaban J connectivity index is 1.45. The largest absolute Gasteiger partial charge is 0.486 e. The van der Waals surface area contributed by atoms with Gasteiger partial charge in [0.05, 0.1) is 6.54 Å². The van der Waals surface area contributed by atoms with Crippen molar-refractivity contribution < 1.29 is 19.1 Å². The second-order valence-electron chi connectivity index (χ2n) is 7.53. The van der Waals surface area contributed by atoms with E-state index >= 15 is 0 Å². The average Bonchev–Trinajstić information content (AvgIpc) is 3.15. The van der Waals surface area contributed by atoms with E-state index in [0.717, 1.165) is 16.5 Å². The smallest absolute Gasteiger partial charge is 0.245 e. The average molecular weight is 407 g/mol. The van der Waals surface area contributed by atoms with E-state index in [1.54, 1.807) is 11.9 Å². The minimum Gasteiger partial charge on any atom is -0.486 e. The van der Waals surface area contributed by atoms with E-state index in [0.29, 0.717) is 31.1 Å². The van der Waals surface area contributed by atoms with Gasteiger partial charge in [-0.25, -0.2) is 0 Å². The van der Waals surface area contributed by atoms with Crippen molar-refractivity contribution in [2.24, 2.45) is 0 Å². The standard InChI is InChI=1S/C23H25N3O4/c1-15(27)25-20(11-16-12-24-19-8-4-3-7-18(16)19)23(28)26(2)13-17-14-29-21-9-5-6-10-22(21)30-17/h3-10,12,17,20,24H,11,13-14H2,1-2H3,(H,25,27)/t17-,20+/m0/s1. The summed E-state index contributed by atoms with van der Waals surface area (Å²) in [7, 11) is 1.72. The van der Waals surface area contributed by atoms with Crippen molar-refractivity contribution in [2.45, 2.75) is 25.5 Å². The third kappa shape index (κ3) is 4.25. The molecule has 0 aliphatic carbocycles. The maximum Gasteiger partial charge on any atom is 0.245 e. The van der Waals surface area contributed by atoms with Gasteiger partial charge in [-0.2, -0.15) is 0 Å². The van der Waals surface area contributed by atoms with Crippen LogP contribution in [0.2, 0.25) is 0 Å². The predicted molar refractivity (Wildman–Crippen MR) is 114 cm³/mol. The molecule has 0 unspecified atom stereocenters. The second-order valence-corrected chi connectivity index (χ2v) is 7.53. The topological polar surface area (TPSA) is 83.7 Å². The fourth-order valence-electron chi connectivity index (χ4n) is 3.78. The maximum absolute atomic E-state index is 13.2. The first kappa shape index (κ1) is 19.8. The molecule has 7 nitrogen and oxygen atoms in total. The van der Waals surface area contributed by atoms with E-state index in [1.165, 1.54) is 6.92 Å². The van der Waals surface area contributed by atoms with Crippen molar-refractivity contribution in [2.75, 3.05) is 20.2 Å². The highest BCUT2D eigenvalue weighted by Gasteiger charge is 2.28. The van der Waals surface area contributed by atoms with Gasteiger partial charge in [0.1, 0.15) is 12.6 Å². The number of rotatable bonds is 6. The number of benzene rings is 2. The molecule has 1 aromatic heterocycles. The number of likely N-dealkylation sites (N-methyl/N-ethyl adjacent to an activating group) is 1. The maximum atomic E-state index is 13.2. The van der Waals surface area contributed by atoms with Gasteiger partial charge in [0.2, 0.25) is 11.8 Å². The van der Waals surface area contributed by atoms with Gasteiger partial charge in [0.25, 0.3) is 0 Å². The number of hydrogen-bond acceptors (Lipinski definition) is 4. The molecule has 0 radical (unpaired) electrons. The molecule has 0 saturated carbocycles. The van der Waals surface area contributed by atoms with Gasteiger partial charge in [-0.3, -0.25) is 9.59 Å². The number of aromatic amines is 1. The van der Waals surface area contributed by atoms with Gasteiger partial charge < -0.3 is 24.7 Å². The molecule has 3 aromatic rings. The van der Waals surface area contributed by atoms with Crippen LogP contribution in [-0.2, 0) is 16.0 Å². The molecule has 2 heterocycles. The monoisotopic (exact) mass is 407 g/mol. The summed E-state index contributed by atoms with van der Waals surface area (Å²) in [5.41, 5.74) is 1.98. The number of nitrogens with one attached hydrogen (secondary N) is 2. The summed E-state index contributed by atoms with van der Waals surface area (Å²) in [6.07, 6.45) is 2.01. The van der Waals surface area contributed by atoms with Crippen LogP contribution in [0.3, 0.4) is 0 Å². The van der Waals surface area contributed by atoms with Crippen molar-refractivity contribution in [3.05, 3.63) is 60.3 Å². The highest BCUT2D eigenvalue weighted by Crippen LogP contribution is 2.31. The van der Waals surface area contributed by atoms with Crippen LogP contribution in [0.4, 0.5) is 0 Å². The fourth-order valence-corrected chi connectivity index (χ4v) is 3.78. The van der Waals surface area contributed by atoms with Crippen LogP contribution in [0.5, 0.6) is 11.5 Å². The van der Waals surface area contributed by atoms with Crippen LogP contribution < -0.4 is 14.8 Å². The zero-order chi connectivity index (χ0) is 21.1. The summed E-state index contributed by atoms with van der Waals surface area (Å²) in [4.78, 5) is 29.7. The number of amides is 2. The van der Waals surface area contributed by atoms with Crippen LogP contribution in [0.25, 0.3) is 10.9 Å². The van der Waals surface area contributed by atoms with Gasteiger partial charge in [-0.15, -0.1) is 0 Å². The van der Waals surface area contributed by atoms with Crippen molar-refractivity contribution in [3.8, 4) is 11.5 Å². The third-order valence-electron chi connectivity index (χ3n) is 5.20. The molecule has 0 saturated heterocycles. The lowest BCUT2D eigenvalue weighted by Crippen LogP contribution is -2.51. The number of fused-ring (bicyclic) bond motifs is 2. The lowest BCUT2D eigenvalue weighted by atomic mass is 10.0. The molecule has 1 aliphatic rings. The molecule has 7 heteroatoms. The van der Waals surface area contributed by atoms with Crippen molar-refractivity contribution >= 4 is 22.7 Å². The number of hydrogen-bond donors (Lipinski definition) is 2. The number of para-hydroxylation sites is 3. The SMILES string of the molecule is CC(=O)N[C@H](Cc1c[nH]c2ccccc12)C(=O)N(C)C[C@H]1COc2ccccc2O1. The molecule has 2 aromatic carbocycles. The van der Waals surface area contributed by atoms with Gasteiger partial charge >= 0.3 is 0 Å². The van der Waals surface area contributed by atoms with Gasteiger partial charge in [0.15, 0.2) is 17.6 Å². The fraction of sp³-hybridized carbons (Fsp3) is 0.304. The zero-order valence-corrected chi connectivity index (χ0v) is 17.1. The minimum absolute atomic E-state index is 0.169. The van der Waals surface area contributed by atoms with Crippen LogP contribution >= 0.6 is 0 Å². The van der Waals surface area contributed by atoms with Crippen molar-refractivity contribution in [1.29, 1.82) is 0 Å². The summed E-state index contributed by atoms with van der Waals surface area (Å²) in [5, 5.41) is 3.85. The molecule has 2 atom stereocenters. The van der Waals surface area contributed by atoms with Gasteiger partial charge in [-0.1, -0.05) is 30.3 Å². The molecule has 156 valence electrons. The predicted octanol–water partition coefficient (Wildman–Crippen LogP) is 2.51. The second kappa shape index (κ2) is 8.49. The van der Waals surface area contributed by atoms with E-state index in [9.17, 15) is 9.59 Å². The summed E-state index contributed by atoms with van der Waals surface area (Å²) in [5.74, 6) is 0.968. The molecule has 30 heavy (non-hydrogen) atoms. The molecule has 4 rings (SSSR count). The highest BCUT2D eigenvalue weighted by atomic mass is 16.6. The van der Waals surface area contributed by atoms with Gasteiger partial charge in [-0.05, 0) is 23.8 Å². The number of aromatic nitrogens is 1. The molecule has 2 N–H and O–H groups in total. The summed E-state index contributed by atoms with van der Waals surface area (Å²) in [6.45, 7) is 2.14. The molecule has 0 spiro atoms. The van der Waals surface area contributed by atoms with E-state index in [4.69, 9.17) is 9.47 Å². The Morgan fingerprint density at radius 3 is 2.70 bits per heavy atom. The summed E-state index contributed by atoms with van der Waals surface area (Å²) < 4.78 is 11.7. The Labute approximate surface area is 175 Å². The zero-order valence-electron chi connectivity index (χ0n) is 17.1. The van der Waals surface area contributed by atoms with E-state index in [2.05, 4.69) is 10.3 Å². The quantitative estimate of drug-likeness (QED) is 0.658. The Kier molecular flexibility index (Phi) is 5.61. The van der Waals surface area contributed by atoms with E-state index < -0.39 is 6.04 Å². The van der Waals surface area contributed by atoms with E-state index in [-0.39, 0.29) is 17.9 Å². The first-order valence-corrected chi connectivity index (χ1v) is 9.97. The van der Waals surface area contributed by atoms with E-state index in [1.807, 2.05) is 54.7 Å². The molecular weight excluding hydrogens is 382 g/mol. The normalized spacial score (nSPS) is 16.1. The Morgan fingerprint density at radius 2 is 1.90 bits per heavy atom. The molecule has 0 bridgehead atoms. The van der Waals surface area contributed by atoms with Crippen LogP contribution in [0.15, 0.2) is 54.7 Å². The molecule has 1 aliphatic heterocycles. The summed E-state index contributed by atoms with van der Waals surface area (Å²) >= 11 is 0.